The Labute approximate surface area is 177 Å². The summed E-state index contributed by atoms with van der Waals surface area (Å²) in [6, 6.07) is 13.5. The van der Waals surface area contributed by atoms with Gasteiger partial charge in [-0.25, -0.2) is 4.98 Å². The second kappa shape index (κ2) is 9.83. The van der Waals surface area contributed by atoms with Crippen molar-refractivity contribution >= 4 is 5.78 Å². The number of aromatic hydroxyl groups is 1. The van der Waals surface area contributed by atoms with Crippen molar-refractivity contribution in [1.29, 1.82) is 0 Å². The molecule has 0 saturated carbocycles. The van der Waals surface area contributed by atoms with Gasteiger partial charge in [0.15, 0.2) is 17.3 Å². The van der Waals surface area contributed by atoms with Crippen molar-refractivity contribution in [3.8, 4) is 22.8 Å². The largest absolute Gasteiger partial charge is 0.504 e. The van der Waals surface area contributed by atoms with Gasteiger partial charge in [0, 0.05) is 18.2 Å². The lowest BCUT2D eigenvalue weighted by Gasteiger charge is -2.14. The van der Waals surface area contributed by atoms with Crippen molar-refractivity contribution < 1.29 is 14.6 Å². The summed E-state index contributed by atoms with van der Waals surface area (Å²) >= 11 is 0. The number of nitrogens with zero attached hydrogens (tertiary/aromatic N) is 2. The highest BCUT2D eigenvalue weighted by atomic mass is 16.5. The van der Waals surface area contributed by atoms with Crippen LogP contribution in [0.3, 0.4) is 0 Å². The molecule has 3 aromatic rings. The van der Waals surface area contributed by atoms with Crippen molar-refractivity contribution in [3.63, 3.8) is 0 Å². The number of benzene rings is 2. The molecule has 0 amide bonds. The number of methoxy groups -OCH3 is 1. The van der Waals surface area contributed by atoms with E-state index in [0.29, 0.717) is 18.6 Å². The maximum atomic E-state index is 11.5. The fraction of sp³-hybridized carbons (Fsp3) is 0.240. The Bertz CT molecular complexity index is 1050. The van der Waals surface area contributed by atoms with Crippen molar-refractivity contribution in [2.45, 2.75) is 32.1 Å². The van der Waals surface area contributed by atoms with Crippen molar-refractivity contribution in [1.82, 2.24) is 9.97 Å². The summed E-state index contributed by atoms with van der Waals surface area (Å²) in [4.78, 5) is 20.6. The van der Waals surface area contributed by atoms with E-state index in [-0.39, 0.29) is 17.5 Å². The molecule has 0 unspecified atom stereocenters. The Balaban J connectivity index is 1.75. The fourth-order valence-corrected chi connectivity index (χ4v) is 3.34. The molecule has 1 aromatic heterocycles. The highest BCUT2D eigenvalue weighted by Crippen LogP contribution is 2.31. The zero-order chi connectivity index (χ0) is 21.5. The van der Waals surface area contributed by atoms with E-state index in [0.717, 1.165) is 28.9 Å². The van der Waals surface area contributed by atoms with Crippen LogP contribution >= 0.6 is 0 Å². The average Bonchev–Trinajstić information content (AvgIpc) is 2.78. The first kappa shape index (κ1) is 21.2. The summed E-state index contributed by atoms with van der Waals surface area (Å²) in [7, 11) is 1.52. The zero-order valence-electron chi connectivity index (χ0n) is 17.3. The molecule has 154 valence electrons. The third-order valence-electron chi connectivity index (χ3n) is 5.08. The number of hydrogen-bond donors (Lipinski definition) is 1. The number of phenols is 1. The van der Waals surface area contributed by atoms with Crippen LogP contribution in [-0.2, 0) is 17.6 Å². The van der Waals surface area contributed by atoms with Gasteiger partial charge in [-0.15, -0.1) is 0 Å². The first-order valence-corrected chi connectivity index (χ1v) is 9.92. The minimum absolute atomic E-state index is 0.0615. The number of phenolic OH excluding ortho intramolecular Hbond substituents is 1. The van der Waals surface area contributed by atoms with Crippen LogP contribution in [0.5, 0.6) is 11.5 Å². The van der Waals surface area contributed by atoms with Crippen LogP contribution in [-0.4, -0.2) is 28.0 Å². The Morgan fingerprint density at radius 3 is 2.83 bits per heavy atom. The van der Waals surface area contributed by atoms with Crippen LogP contribution in [0.15, 0.2) is 67.5 Å². The molecule has 0 spiro atoms. The highest BCUT2D eigenvalue weighted by Gasteiger charge is 2.12. The number of aromatic nitrogens is 2. The third kappa shape index (κ3) is 5.32. The molecule has 0 radical (unpaired) electrons. The number of carbonyl (C=O) groups is 1. The Hall–Kier alpha value is -3.47. The number of hydrogen-bond acceptors (Lipinski definition) is 5. The first-order chi connectivity index (χ1) is 14.5. The Morgan fingerprint density at radius 2 is 2.07 bits per heavy atom. The predicted molar refractivity (Wildman–Crippen MR) is 118 cm³/mol. The molecule has 5 heteroatoms. The third-order valence-corrected chi connectivity index (χ3v) is 5.08. The highest BCUT2D eigenvalue weighted by molar-refractivity contribution is 5.89. The van der Waals surface area contributed by atoms with Gasteiger partial charge in [0.05, 0.1) is 24.7 Å². The van der Waals surface area contributed by atoms with Crippen LogP contribution in [0.1, 0.15) is 36.1 Å². The number of rotatable bonds is 9. The van der Waals surface area contributed by atoms with Gasteiger partial charge in [-0.2, -0.15) is 0 Å². The Morgan fingerprint density at radius 1 is 1.23 bits per heavy atom. The van der Waals surface area contributed by atoms with E-state index in [1.165, 1.54) is 18.7 Å². The molecule has 1 atom stereocenters. The molecule has 1 N–H and O–H groups in total. The smallest absolute Gasteiger partial charge is 0.161 e. The van der Waals surface area contributed by atoms with E-state index in [1.54, 1.807) is 30.6 Å². The molecule has 5 nitrogen and oxygen atoms in total. The molecule has 0 fully saturated rings. The fourth-order valence-electron chi connectivity index (χ4n) is 3.34. The van der Waals surface area contributed by atoms with Gasteiger partial charge in [0.1, 0.15) is 0 Å². The summed E-state index contributed by atoms with van der Waals surface area (Å²) in [6.45, 7) is 5.69. The average molecular weight is 402 g/mol. The summed E-state index contributed by atoms with van der Waals surface area (Å²) < 4.78 is 5.19. The standard InChI is InChI=1S/C25H26N2O3/c1-4-22(28)10-8-18-6-5-7-19(13-18)17(2)12-21-15-26-16-23(27-21)20-9-11-24(29)25(14-20)30-3/h4-7,9,11,13-17,29H,1,8,10,12H2,2-3H3/t17-/m1/s1. The lowest BCUT2D eigenvalue weighted by atomic mass is 9.93. The molecule has 30 heavy (non-hydrogen) atoms. The normalized spacial score (nSPS) is 11.7. The molecule has 0 aliphatic heterocycles. The number of ether oxygens (including phenoxy) is 1. The van der Waals surface area contributed by atoms with E-state index in [9.17, 15) is 9.90 Å². The molecule has 0 saturated heterocycles. The second-order valence-corrected chi connectivity index (χ2v) is 7.30. The zero-order valence-corrected chi connectivity index (χ0v) is 17.3. The van der Waals surface area contributed by atoms with Crippen LogP contribution in [0.2, 0.25) is 0 Å². The van der Waals surface area contributed by atoms with Crippen molar-refractivity contribution in [3.05, 3.63) is 84.3 Å². The topological polar surface area (TPSA) is 72.3 Å². The monoisotopic (exact) mass is 402 g/mol. The van der Waals surface area contributed by atoms with E-state index in [1.807, 2.05) is 12.1 Å². The summed E-state index contributed by atoms with van der Waals surface area (Å²) in [5.74, 6) is 0.804. The van der Waals surface area contributed by atoms with E-state index in [4.69, 9.17) is 9.72 Å². The number of aryl methyl sites for hydroxylation is 1. The molecule has 0 bridgehead atoms. The van der Waals surface area contributed by atoms with E-state index in [2.05, 4.69) is 30.6 Å². The SMILES string of the molecule is C=CC(=O)CCc1cccc([C@H](C)Cc2cncc(-c3ccc(O)c(OC)c3)n2)c1. The van der Waals surface area contributed by atoms with Crippen LogP contribution in [0.25, 0.3) is 11.3 Å². The maximum absolute atomic E-state index is 11.5. The van der Waals surface area contributed by atoms with Crippen LogP contribution in [0.4, 0.5) is 0 Å². The van der Waals surface area contributed by atoms with E-state index >= 15 is 0 Å². The predicted octanol–water partition coefficient (Wildman–Crippen LogP) is 4.89. The lowest BCUT2D eigenvalue weighted by molar-refractivity contribution is -0.114. The quantitative estimate of drug-likeness (QED) is 0.516. The van der Waals surface area contributed by atoms with Crippen LogP contribution < -0.4 is 4.74 Å². The number of carbonyl (C=O) groups excluding carboxylic acids is 1. The lowest BCUT2D eigenvalue weighted by Crippen LogP contribution is -2.03. The van der Waals surface area contributed by atoms with Gasteiger partial charge in [0.2, 0.25) is 0 Å². The van der Waals surface area contributed by atoms with Gasteiger partial charge < -0.3 is 9.84 Å². The number of ketones is 1. The minimum Gasteiger partial charge on any atom is -0.504 e. The van der Waals surface area contributed by atoms with E-state index < -0.39 is 0 Å². The molecular weight excluding hydrogens is 376 g/mol. The van der Waals surface area contributed by atoms with Crippen molar-refractivity contribution in [2.75, 3.05) is 7.11 Å². The Kier molecular flexibility index (Phi) is 6.96. The molecular formula is C25H26N2O3. The molecule has 0 aliphatic carbocycles. The summed E-state index contributed by atoms with van der Waals surface area (Å²) in [5, 5.41) is 9.80. The van der Waals surface area contributed by atoms with Gasteiger partial charge in [-0.05, 0) is 54.2 Å². The first-order valence-electron chi connectivity index (χ1n) is 9.92. The van der Waals surface area contributed by atoms with Gasteiger partial charge in [-0.3, -0.25) is 9.78 Å². The number of allylic oxidation sites excluding steroid dienone is 1. The minimum atomic E-state index is 0.0615. The van der Waals surface area contributed by atoms with Crippen molar-refractivity contribution in [2.24, 2.45) is 0 Å². The molecule has 0 aliphatic rings. The van der Waals surface area contributed by atoms with Gasteiger partial charge in [0.25, 0.3) is 0 Å². The molecule has 3 rings (SSSR count). The van der Waals surface area contributed by atoms with Gasteiger partial charge in [-0.1, -0.05) is 37.8 Å². The van der Waals surface area contributed by atoms with Gasteiger partial charge >= 0.3 is 0 Å². The van der Waals surface area contributed by atoms with Crippen LogP contribution in [0, 0.1) is 0 Å². The summed E-state index contributed by atoms with van der Waals surface area (Å²) in [5.41, 5.74) is 4.80. The summed E-state index contributed by atoms with van der Waals surface area (Å²) in [6.07, 6.45) is 6.79. The maximum Gasteiger partial charge on any atom is 0.161 e. The second-order valence-electron chi connectivity index (χ2n) is 7.30. The molecule has 1 heterocycles. The molecule has 2 aromatic carbocycles.